The quantitative estimate of drug-likeness (QED) is 0.664. The van der Waals surface area contributed by atoms with E-state index in [2.05, 4.69) is 10.9 Å². The van der Waals surface area contributed by atoms with E-state index in [4.69, 9.17) is 4.74 Å². The number of ether oxygens (including phenoxy) is 1. The fourth-order valence-electron chi connectivity index (χ4n) is 2.73. The number of carbonyl (C=O) groups excluding carboxylic acids is 2. The maximum absolute atomic E-state index is 12.2. The summed E-state index contributed by atoms with van der Waals surface area (Å²) in [6.07, 6.45) is 1.02. The molecule has 0 saturated carbocycles. The van der Waals surface area contributed by atoms with E-state index in [1.807, 2.05) is 32.0 Å². The maximum Gasteiger partial charge on any atom is 0.276 e. The van der Waals surface area contributed by atoms with Gasteiger partial charge in [0.25, 0.3) is 11.8 Å². The van der Waals surface area contributed by atoms with Crippen LogP contribution in [0.25, 0.3) is 0 Å². The molecule has 2 amide bonds. The first-order chi connectivity index (χ1) is 13.6. The van der Waals surface area contributed by atoms with Crippen molar-refractivity contribution in [1.82, 2.24) is 10.9 Å². The number of para-hydroxylation sites is 2. The highest BCUT2D eigenvalue weighted by atomic mass is 32.2. The minimum atomic E-state index is -3.69. The van der Waals surface area contributed by atoms with E-state index >= 15 is 0 Å². The molecule has 0 bridgehead atoms. The summed E-state index contributed by atoms with van der Waals surface area (Å²) in [6, 6.07) is 12.4. The molecule has 0 heterocycles. The van der Waals surface area contributed by atoms with Crippen LogP contribution in [0.2, 0.25) is 0 Å². The molecule has 2 rings (SSSR count). The Bertz CT molecular complexity index is 985. The SMILES string of the molecule is Cc1ccccc1N(CC(=O)NNC(=O)COc1c(C)cccc1C)S(C)(=O)=O. The van der Waals surface area contributed by atoms with Gasteiger partial charge in [-0.15, -0.1) is 0 Å². The number of benzene rings is 2. The number of aryl methyl sites for hydroxylation is 3. The molecule has 0 spiro atoms. The van der Waals surface area contributed by atoms with Crippen LogP contribution in [-0.4, -0.2) is 39.6 Å². The van der Waals surface area contributed by atoms with Crippen molar-refractivity contribution >= 4 is 27.5 Å². The summed E-state index contributed by atoms with van der Waals surface area (Å²) < 4.78 is 30.7. The highest BCUT2D eigenvalue weighted by Crippen LogP contribution is 2.22. The molecular weight excluding hydrogens is 394 g/mol. The number of hydrogen-bond donors (Lipinski definition) is 2. The van der Waals surface area contributed by atoms with E-state index in [0.29, 0.717) is 17.0 Å². The summed E-state index contributed by atoms with van der Waals surface area (Å²) in [4.78, 5) is 24.2. The Morgan fingerprint density at radius 2 is 1.45 bits per heavy atom. The molecule has 2 aromatic rings. The van der Waals surface area contributed by atoms with E-state index in [9.17, 15) is 18.0 Å². The van der Waals surface area contributed by atoms with Crippen LogP contribution in [0.15, 0.2) is 42.5 Å². The normalized spacial score (nSPS) is 10.9. The van der Waals surface area contributed by atoms with Gasteiger partial charge in [-0.2, -0.15) is 0 Å². The zero-order valence-electron chi connectivity index (χ0n) is 16.9. The molecule has 0 aliphatic carbocycles. The minimum absolute atomic E-state index is 0.292. The lowest BCUT2D eigenvalue weighted by Gasteiger charge is -2.23. The molecule has 9 heteroatoms. The second-order valence-electron chi connectivity index (χ2n) is 6.66. The third kappa shape index (κ3) is 6.21. The van der Waals surface area contributed by atoms with Crippen molar-refractivity contribution in [2.45, 2.75) is 20.8 Å². The third-order valence-corrected chi connectivity index (χ3v) is 5.30. The number of nitrogens with zero attached hydrogens (tertiary/aromatic N) is 1. The second kappa shape index (κ2) is 9.42. The van der Waals surface area contributed by atoms with E-state index in [0.717, 1.165) is 21.7 Å². The molecule has 0 aliphatic heterocycles. The summed E-state index contributed by atoms with van der Waals surface area (Å²) in [7, 11) is -3.69. The average molecular weight is 420 g/mol. The fourth-order valence-corrected chi connectivity index (χ4v) is 3.65. The monoisotopic (exact) mass is 419 g/mol. The Morgan fingerprint density at radius 1 is 0.897 bits per heavy atom. The number of anilines is 1. The van der Waals surface area contributed by atoms with Gasteiger partial charge in [0.1, 0.15) is 12.3 Å². The Balaban J connectivity index is 1.94. The van der Waals surface area contributed by atoms with Crippen LogP contribution < -0.4 is 19.9 Å². The molecule has 0 aromatic heterocycles. The number of amides is 2. The zero-order chi connectivity index (χ0) is 21.6. The van der Waals surface area contributed by atoms with Gasteiger partial charge < -0.3 is 4.74 Å². The van der Waals surface area contributed by atoms with Crippen LogP contribution in [0.5, 0.6) is 5.75 Å². The third-order valence-electron chi connectivity index (χ3n) is 4.17. The van der Waals surface area contributed by atoms with E-state index < -0.39 is 28.4 Å². The van der Waals surface area contributed by atoms with Gasteiger partial charge >= 0.3 is 0 Å². The van der Waals surface area contributed by atoms with Gasteiger partial charge in [-0.05, 0) is 43.5 Å². The minimum Gasteiger partial charge on any atom is -0.483 e. The van der Waals surface area contributed by atoms with Gasteiger partial charge in [0.2, 0.25) is 10.0 Å². The highest BCUT2D eigenvalue weighted by Gasteiger charge is 2.22. The molecule has 0 radical (unpaired) electrons. The van der Waals surface area contributed by atoms with Crippen LogP contribution in [0, 0.1) is 20.8 Å². The average Bonchev–Trinajstić information content (AvgIpc) is 2.64. The number of rotatable bonds is 7. The number of nitrogens with one attached hydrogen (secondary N) is 2. The molecule has 156 valence electrons. The Hall–Kier alpha value is -3.07. The first-order valence-corrected chi connectivity index (χ1v) is 10.7. The van der Waals surface area contributed by atoms with Gasteiger partial charge in [-0.1, -0.05) is 36.4 Å². The van der Waals surface area contributed by atoms with Crippen molar-refractivity contribution in [3.63, 3.8) is 0 Å². The highest BCUT2D eigenvalue weighted by molar-refractivity contribution is 7.92. The summed E-state index contributed by atoms with van der Waals surface area (Å²) in [5.74, 6) is -0.640. The molecule has 8 nitrogen and oxygen atoms in total. The zero-order valence-corrected chi connectivity index (χ0v) is 17.7. The van der Waals surface area contributed by atoms with Crippen LogP contribution >= 0.6 is 0 Å². The van der Waals surface area contributed by atoms with Crippen LogP contribution in [0.4, 0.5) is 5.69 Å². The van der Waals surface area contributed by atoms with Gasteiger partial charge in [0.15, 0.2) is 6.61 Å². The van der Waals surface area contributed by atoms with Gasteiger partial charge in [-0.3, -0.25) is 24.7 Å². The first kappa shape index (κ1) is 22.2. The molecule has 0 unspecified atom stereocenters. The van der Waals surface area contributed by atoms with Crippen molar-refractivity contribution in [3.05, 3.63) is 59.2 Å². The first-order valence-electron chi connectivity index (χ1n) is 8.89. The summed E-state index contributed by atoms with van der Waals surface area (Å²) in [6.45, 7) is 4.72. The molecule has 2 N–H and O–H groups in total. The van der Waals surface area contributed by atoms with Crippen molar-refractivity contribution in [2.75, 3.05) is 23.7 Å². The number of hydrogen-bond acceptors (Lipinski definition) is 5. The summed E-state index contributed by atoms with van der Waals surface area (Å²) >= 11 is 0. The second-order valence-corrected chi connectivity index (χ2v) is 8.57. The lowest BCUT2D eigenvalue weighted by molar-refractivity contribution is -0.129. The number of sulfonamides is 1. The number of carbonyl (C=O) groups is 2. The number of hydrazine groups is 1. The lowest BCUT2D eigenvalue weighted by atomic mass is 10.1. The van der Waals surface area contributed by atoms with E-state index in [1.165, 1.54) is 0 Å². The van der Waals surface area contributed by atoms with E-state index in [1.54, 1.807) is 31.2 Å². The molecule has 2 aromatic carbocycles. The Kier molecular flexibility index (Phi) is 7.22. The Morgan fingerprint density at radius 3 is 2.03 bits per heavy atom. The van der Waals surface area contributed by atoms with Crippen LogP contribution in [-0.2, 0) is 19.6 Å². The summed E-state index contributed by atoms with van der Waals surface area (Å²) in [5.41, 5.74) is 7.33. The predicted molar refractivity (Wildman–Crippen MR) is 111 cm³/mol. The van der Waals surface area contributed by atoms with Crippen molar-refractivity contribution in [1.29, 1.82) is 0 Å². The standard InChI is InChI=1S/C20H25N3O5S/c1-14-8-5-6-11-17(14)23(29(4,26)27)12-18(24)21-22-19(25)13-28-20-15(2)9-7-10-16(20)3/h5-11H,12-13H2,1-4H3,(H,21,24)(H,22,25). The summed E-state index contributed by atoms with van der Waals surface area (Å²) in [5, 5.41) is 0. The molecule has 0 fully saturated rings. The molecule has 0 aliphatic rings. The van der Waals surface area contributed by atoms with Gasteiger partial charge in [-0.25, -0.2) is 8.42 Å². The topological polar surface area (TPSA) is 105 Å². The molecule has 29 heavy (non-hydrogen) atoms. The van der Waals surface area contributed by atoms with Crippen LogP contribution in [0.3, 0.4) is 0 Å². The van der Waals surface area contributed by atoms with Crippen molar-refractivity contribution in [2.24, 2.45) is 0 Å². The van der Waals surface area contributed by atoms with Gasteiger partial charge in [0.05, 0.1) is 11.9 Å². The molecule has 0 saturated heterocycles. The van der Waals surface area contributed by atoms with E-state index in [-0.39, 0.29) is 6.61 Å². The maximum atomic E-state index is 12.2. The predicted octanol–water partition coefficient (Wildman–Crippen LogP) is 1.60. The molecule has 0 atom stereocenters. The van der Waals surface area contributed by atoms with Crippen molar-refractivity contribution in [3.8, 4) is 5.75 Å². The Labute approximate surface area is 170 Å². The fraction of sp³-hybridized carbons (Fsp3) is 0.300. The molecular formula is C20H25N3O5S. The largest absolute Gasteiger partial charge is 0.483 e. The smallest absolute Gasteiger partial charge is 0.276 e. The van der Waals surface area contributed by atoms with Crippen LogP contribution in [0.1, 0.15) is 16.7 Å². The van der Waals surface area contributed by atoms with Crippen molar-refractivity contribution < 1.29 is 22.7 Å². The lowest BCUT2D eigenvalue weighted by Crippen LogP contribution is -2.49. The van der Waals surface area contributed by atoms with Gasteiger partial charge in [0, 0.05) is 0 Å².